The number of aromatic nitrogens is 3. The molecule has 0 amide bonds. The van der Waals surface area contributed by atoms with Crippen molar-refractivity contribution < 1.29 is 4.52 Å². The molecule has 74 valence electrons. The van der Waals surface area contributed by atoms with Crippen molar-refractivity contribution in [1.82, 2.24) is 15.1 Å². The summed E-state index contributed by atoms with van der Waals surface area (Å²) in [6, 6.07) is 0. The second-order valence-electron chi connectivity index (χ2n) is 2.95. The zero-order valence-corrected chi connectivity index (χ0v) is 8.80. The average Bonchev–Trinajstić information content (AvgIpc) is 2.61. The molecule has 0 saturated carbocycles. The van der Waals surface area contributed by atoms with Gasteiger partial charge in [-0.2, -0.15) is 4.98 Å². The lowest BCUT2D eigenvalue weighted by molar-refractivity contribution is 0.439. The third-order valence-corrected chi connectivity index (χ3v) is 2.33. The second-order valence-corrected chi connectivity index (χ2v) is 3.31. The van der Waals surface area contributed by atoms with Crippen LogP contribution in [0.15, 0.2) is 4.52 Å². The molecule has 0 aliphatic carbocycles. The fourth-order valence-electron chi connectivity index (χ4n) is 1.31. The van der Waals surface area contributed by atoms with Gasteiger partial charge in [-0.15, -0.1) is 0 Å². The van der Waals surface area contributed by atoms with Gasteiger partial charge in [0.2, 0.25) is 0 Å². The summed E-state index contributed by atoms with van der Waals surface area (Å²) in [5.74, 6) is 0.682. The van der Waals surface area contributed by atoms with Crippen molar-refractivity contribution in [2.45, 2.75) is 26.7 Å². The molecule has 0 spiro atoms. The molecule has 2 aromatic rings. The van der Waals surface area contributed by atoms with Gasteiger partial charge in [0, 0.05) is 6.42 Å². The summed E-state index contributed by atoms with van der Waals surface area (Å²) in [6.45, 7) is 3.95. The summed E-state index contributed by atoms with van der Waals surface area (Å²) >= 11 is 6.02. The topological polar surface area (TPSA) is 51.8 Å². The third-order valence-electron chi connectivity index (χ3n) is 2.06. The largest absolute Gasteiger partial charge is 0.335 e. The summed E-state index contributed by atoms with van der Waals surface area (Å²) in [6.07, 6.45) is 1.50. The highest BCUT2D eigenvalue weighted by Crippen LogP contribution is 2.24. The zero-order chi connectivity index (χ0) is 10.1. The molecule has 0 atom stereocenters. The highest BCUT2D eigenvalue weighted by molar-refractivity contribution is 6.34. The van der Waals surface area contributed by atoms with Crippen LogP contribution in [-0.2, 0) is 12.8 Å². The van der Waals surface area contributed by atoms with Gasteiger partial charge in [0.1, 0.15) is 16.4 Å². The maximum atomic E-state index is 6.02. The Labute approximate surface area is 86.3 Å². The van der Waals surface area contributed by atoms with Crippen LogP contribution in [0.2, 0.25) is 5.15 Å². The van der Waals surface area contributed by atoms with E-state index in [4.69, 9.17) is 16.1 Å². The molecular formula is C9H10ClN3O. The van der Waals surface area contributed by atoms with Crippen molar-refractivity contribution in [3.05, 3.63) is 16.7 Å². The smallest absolute Gasteiger partial charge is 0.262 e. The number of rotatable bonds is 2. The molecule has 0 aromatic carbocycles. The van der Waals surface area contributed by atoms with Crippen LogP contribution in [0.4, 0.5) is 0 Å². The number of aryl methyl sites for hydroxylation is 2. The summed E-state index contributed by atoms with van der Waals surface area (Å²) < 4.78 is 5.08. The monoisotopic (exact) mass is 211 g/mol. The average molecular weight is 212 g/mol. The maximum absolute atomic E-state index is 6.02. The molecule has 0 saturated heterocycles. The van der Waals surface area contributed by atoms with E-state index in [0.717, 1.165) is 23.9 Å². The van der Waals surface area contributed by atoms with Gasteiger partial charge >= 0.3 is 0 Å². The van der Waals surface area contributed by atoms with E-state index >= 15 is 0 Å². The van der Waals surface area contributed by atoms with Gasteiger partial charge in [0.05, 0.1) is 5.69 Å². The standard InChI is InChI=1S/C9H10ClN3O/c1-3-5-7-8(10)11-6(4-2)12-9(7)14-13-5/h3-4H2,1-2H3. The van der Waals surface area contributed by atoms with Gasteiger partial charge in [-0.1, -0.05) is 30.6 Å². The van der Waals surface area contributed by atoms with Crippen LogP contribution in [-0.4, -0.2) is 15.1 Å². The Hall–Kier alpha value is -1.16. The van der Waals surface area contributed by atoms with E-state index in [1.54, 1.807) is 0 Å². The molecule has 5 heteroatoms. The predicted octanol–water partition coefficient (Wildman–Crippen LogP) is 2.40. The summed E-state index contributed by atoms with van der Waals surface area (Å²) in [5, 5.41) is 5.07. The van der Waals surface area contributed by atoms with Crippen LogP contribution in [0.5, 0.6) is 0 Å². The molecule has 2 heterocycles. The molecule has 0 fully saturated rings. The van der Waals surface area contributed by atoms with Gasteiger partial charge in [-0.3, -0.25) is 0 Å². The summed E-state index contributed by atoms with van der Waals surface area (Å²) in [7, 11) is 0. The number of hydrogen-bond donors (Lipinski definition) is 0. The van der Waals surface area contributed by atoms with Gasteiger partial charge in [-0.25, -0.2) is 4.98 Å². The van der Waals surface area contributed by atoms with Gasteiger partial charge in [0.25, 0.3) is 5.71 Å². The lowest BCUT2D eigenvalue weighted by Gasteiger charge is -1.96. The number of fused-ring (bicyclic) bond motifs is 1. The van der Waals surface area contributed by atoms with Crippen LogP contribution in [0, 0.1) is 0 Å². The normalized spacial score (nSPS) is 11.1. The summed E-state index contributed by atoms with van der Waals surface area (Å²) in [5.41, 5.74) is 1.30. The van der Waals surface area contributed by atoms with Crippen LogP contribution < -0.4 is 0 Å². The van der Waals surface area contributed by atoms with Crippen molar-refractivity contribution in [2.75, 3.05) is 0 Å². The highest BCUT2D eigenvalue weighted by Gasteiger charge is 2.13. The fraction of sp³-hybridized carbons (Fsp3) is 0.444. The molecule has 0 unspecified atom stereocenters. The first-order valence-electron chi connectivity index (χ1n) is 4.57. The minimum absolute atomic E-state index is 0.435. The maximum Gasteiger partial charge on any atom is 0.262 e. The van der Waals surface area contributed by atoms with E-state index in [-0.39, 0.29) is 0 Å². The lowest BCUT2D eigenvalue weighted by Crippen LogP contribution is -1.93. The third kappa shape index (κ3) is 1.35. The lowest BCUT2D eigenvalue weighted by atomic mass is 10.2. The first-order chi connectivity index (χ1) is 6.76. The Morgan fingerprint density at radius 1 is 1.21 bits per heavy atom. The quantitative estimate of drug-likeness (QED) is 0.716. The first kappa shape index (κ1) is 9.40. The molecule has 0 bridgehead atoms. The molecule has 4 nitrogen and oxygen atoms in total. The second kappa shape index (κ2) is 3.53. The van der Waals surface area contributed by atoms with E-state index in [9.17, 15) is 0 Å². The minimum Gasteiger partial charge on any atom is -0.335 e. The molecular weight excluding hydrogens is 202 g/mol. The molecule has 2 aromatic heterocycles. The predicted molar refractivity (Wildman–Crippen MR) is 53.4 cm³/mol. The Balaban J connectivity index is 2.72. The van der Waals surface area contributed by atoms with Crippen LogP contribution >= 0.6 is 11.6 Å². The van der Waals surface area contributed by atoms with E-state index in [1.165, 1.54) is 0 Å². The molecule has 14 heavy (non-hydrogen) atoms. The van der Waals surface area contributed by atoms with Crippen molar-refractivity contribution in [3.63, 3.8) is 0 Å². The highest BCUT2D eigenvalue weighted by atomic mass is 35.5. The number of halogens is 1. The Morgan fingerprint density at radius 2 is 2.00 bits per heavy atom. The minimum atomic E-state index is 0.435. The van der Waals surface area contributed by atoms with E-state index in [2.05, 4.69) is 15.1 Å². The first-order valence-corrected chi connectivity index (χ1v) is 4.94. The molecule has 0 aliphatic rings. The Kier molecular flexibility index (Phi) is 2.37. The van der Waals surface area contributed by atoms with E-state index in [1.807, 2.05) is 13.8 Å². The number of hydrogen-bond acceptors (Lipinski definition) is 4. The van der Waals surface area contributed by atoms with E-state index < -0.39 is 0 Å². The molecule has 0 aliphatic heterocycles. The fourth-order valence-corrected chi connectivity index (χ4v) is 1.59. The van der Waals surface area contributed by atoms with Crippen molar-refractivity contribution in [2.24, 2.45) is 0 Å². The summed E-state index contributed by atoms with van der Waals surface area (Å²) in [4.78, 5) is 8.35. The van der Waals surface area contributed by atoms with Crippen molar-refractivity contribution in [3.8, 4) is 0 Å². The molecule has 0 N–H and O–H groups in total. The van der Waals surface area contributed by atoms with E-state index in [0.29, 0.717) is 16.7 Å². The zero-order valence-electron chi connectivity index (χ0n) is 8.04. The Bertz CT molecular complexity index is 466. The Morgan fingerprint density at radius 3 is 2.64 bits per heavy atom. The van der Waals surface area contributed by atoms with Crippen molar-refractivity contribution >= 4 is 22.7 Å². The molecule has 0 radical (unpaired) electrons. The van der Waals surface area contributed by atoms with Crippen molar-refractivity contribution in [1.29, 1.82) is 0 Å². The number of nitrogens with zero attached hydrogens (tertiary/aromatic N) is 3. The van der Waals surface area contributed by atoms with Crippen LogP contribution in [0.3, 0.4) is 0 Å². The molecule has 2 rings (SSSR count). The van der Waals surface area contributed by atoms with Gasteiger partial charge < -0.3 is 4.52 Å². The van der Waals surface area contributed by atoms with Gasteiger partial charge in [0.15, 0.2) is 0 Å². The van der Waals surface area contributed by atoms with Crippen LogP contribution in [0.1, 0.15) is 25.4 Å². The van der Waals surface area contributed by atoms with Gasteiger partial charge in [-0.05, 0) is 6.42 Å². The van der Waals surface area contributed by atoms with Crippen LogP contribution in [0.25, 0.3) is 11.1 Å². The SMILES string of the molecule is CCc1nc(Cl)c2c(CC)noc2n1.